The van der Waals surface area contributed by atoms with E-state index >= 15 is 0 Å². The number of likely N-dealkylation sites (N-methyl/N-ethyl adjacent to an activating group) is 2. The maximum absolute atomic E-state index is 14.8. The van der Waals surface area contributed by atoms with E-state index in [1.165, 1.54) is 41.9 Å². The number of hydrogen-bond acceptors (Lipinski definition) is 29. The second-order valence-corrected chi connectivity index (χ2v) is 33.8. The van der Waals surface area contributed by atoms with Gasteiger partial charge in [0.2, 0.25) is 0 Å². The van der Waals surface area contributed by atoms with Crippen molar-refractivity contribution in [3.05, 3.63) is 12.2 Å². The Balaban J connectivity index is 1.31. The van der Waals surface area contributed by atoms with Crippen molar-refractivity contribution in [1.82, 2.24) is 9.80 Å². The number of hydrogen-bond donors (Lipinski definition) is 10. The summed E-state index contributed by atoms with van der Waals surface area (Å²) < 4.78 is 76.5. The standard InChI is InChI=1S/C77H137N3O26/c1-26-52-76(19,92)62(84)42(7)56(38(3)34-72(15,90)66(105-70-58(82)50(79(21)22)32-40(5)97-70)44(9)60(46(11)68(88)101-52)103-54-36-74(17,94-24)64(86)48(13)99-54)78-96-31-29-28-30-80(23)51-33-41(6)98-71(59(51)83)106-67-45(10)61(104-55-37-75(18,95-25)65(87)49(14)100-55)47(12)69(89)102-53(27-2)77(20,93)63(85)43(8)57(81)39(4)35-73(67,16)91/h28-29,38-55,58-67,70-71,82-87,90-93H,26-27,30-37H2,1-25H3/b29-28+,78-56?/t38-,39-,40?,41?,42+,43+,44+,45+,46-,47-,48?,49?,50?,51?,52-,53-,54?,55?,58?,59?,60+,61+,62-,63-,64?,65?,66-,67-,70?,71?,72?,73?,74?,75?,76-,77-/m1/s1. The van der Waals surface area contributed by atoms with E-state index in [2.05, 4.69) is 5.16 Å². The van der Waals surface area contributed by atoms with E-state index in [9.17, 15) is 65.4 Å². The lowest BCUT2D eigenvalue weighted by Crippen LogP contribution is -2.61. The summed E-state index contributed by atoms with van der Waals surface area (Å²) in [7, 11) is 8.40. The monoisotopic (exact) mass is 1520 g/mol. The lowest BCUT2D eigenvalue weighted by Gasteiger charge is -2.49. The molecular formula is C77H137N3O26. The molecule has 106 heavy (non-hydrogen) atoms. The highest BCUT2D eigenvalue weighted by atomic mass is 16.7. The summed E-state index contributed by atoms with van der Waals surface area (Å²) in [5, 5.41) is 126. The number of carbonyl (C=O) groups excluding carboxylic acids is 3. The number of rotatable bonds is 19. The first-order chi connectivity index (χ1) is 49.0. The number of nitrogens with zero attached hydrogens (tertiary/aromatic N) is 3. The molecule has 0 saturated carbocycles. The minimum absolute atomic E-state index is 0.00400. The molecule has 6 rings (SSSR count). The summed E-state index contributed by atoms with van der Waals surface area (Å²) in [6.45, 7) is 32.8. The molecule has 0 spiro atoms. The molecule has 0 aromatic carbocycles. The summed E-state index contributed by atoms with van der Waals surface area (Å²) in [5.41, 5.74) is -10.1. The van der Waals surface area contributed by atoms with Crippen LogP contribution in [0.3, 0.4) is 0 Å². The number of ketones is 1. The van der Waals surface area contributed by atoms with Gasteiger partial charge in [-0.3, -0.25) is 19.3 Å². The van der Waals surface area contributed by atoms with Gasteiger partial charge in [0.05, 0.1) is 101 Å². The molecule has 0 radical (unpaired) electrons. The van der Waals surface area contributed by atoms with E-state index < -0.39 is 227 Å². The van der Waals surface area contributed by atoms with Gasteiger partial charge in [-0.05, 0) is 149 Å². The van der Waals surface area contributed by atoms with Crippen LogP contribution in [-0.2, 0) is 76.1 Å². The van der Waals surface area contributed by atoms with E-state index in [-0.39, 0.29) is 63.5 Å². The maximum Gasteiger partial charge on any atom is 0.311 e. The Bertz CT molecular complexity index is 2870. The number of aliphatic hydroxyl groups excluding tert-OH is 6. The molecule has 29 heteroatoms. The van der Waals surface area contributed by atoms with Crippen molar-refractivity contribution in [2.75, 3.05) is 48.5 Å². The van der Waals surface area contributed by atoms with Crippen LogP contribution in [0.25, 0.3) is 0 Å². The van der Waals surface area contributed by atoms with Crippen LogP contribution in [-0.4, -0.2) is 301 Å². The second kappa shape index (κ2) is 37.3. The van der Waals surface area contributed by atoms with E-state index in [4.69, 9.17) is 61.7 Å². The van der Waals surface area contributed by atoms with Crippen molar-refractivity contribution in [3.8, 4) is 0 Å². The fourth-order valence-corrected chi connectivity index (χ4v) is 17.5. The highest BCUT2D eigenvalue weighted by molar-refractivity contribution is 5.89. The average Bonchev–Trinajstić information content (AvgIpc) is 0.776. The van der Waals surface area contributed by atoms with E-state index in [0.717, 1.165) is 0 Å². The van der Waals surface area contributed by atoms with Gasteiger partial charge >= 0.3 is 11.9 Å². The van der Waals surface area contributed by atoms with E-state index in [1.54, 1.807) is 116 Å². The molecule has 6 aliphatic heterocycles. The molecule has 18 unspecified atom stereocenters. The Kier molecular flexibility index (Phi) is 32.3. The summed E-state index contributed by atoms with van der Waals surface area (Å²) >= 11 is 0. The molecular weight excluding hydrogens is 1380 g/mol. The van der Waals surface area contributed by atoms with Crippen LogP contribution < -0.4 is 0 Å². The molecule has 0 aliphatic carbocycles. The molecule has 6 fully saturated rings. The number of cyclic esters (lactones) is 2. The Morgan fingerprint density at radius 1 is 0.509 bits per heavy atom. The third-order valence-corrected chi connectivity index (χ3v) is 24.5. The summed E-state index contributed by atoms with van der Waals surface area (Å²) in [6.07, 6.45) is -19.0. The first-order valence-electron chi connectivity index (χ1n) is 38.5. The van der Waals surface area contributed by atoms with Gasteiger partial charge in [0.1, 0.15) is 60.2 Å². The number of carbonyl (C=O) groups is 3. The topological polar surface area (TPSA) is 392 Å². The molecule has 36 atom stereocenters. The lowest BCUT2D eigenvalue weighted by molar-refractivity contribution is -0.318. The minimum atomic E-state index is -2.10. The molecule has 0 bridgehead atoms. The lowest BCUT2D eigenvalue weighted by atomic mass is 9.73. The summed E-state index contributed by atoms with van der Waals surface area (Å²) in [5.74, 6) is -10.3. The summed E-state index contributed by atoms with van der Waals surface area (Å²) in [6, 6.07) is -1.05. The van der Waals surface area contributed by atoms with Gasteiger partial charge in [-0.1, -0.05) is 66.6 Å². The Labute approximate surface area is 629 Å². The van der Waals surface area contributed by atoms with Gasteiger partial charge in [0, 0.05) is 81.2 Å². The molecule has 6 heterocycles. The van der Waals surface area contributed by atoms with Crippen molar-refractivity contribution >= 4 is 23.4 Å². The molecule has 0 aromatic heterocycles. The zero-order chi connectivity index (χ0) is 80.2. The molecule has 616 valence electrons. The predicted octanol–water partition coefficient (Wildman–Crippen LogP) is 4.31. The number of oxime groups is 1. The maximum atomic E-state index is 14.8. The number of esters is 2. The zero-order valence-electron chi connectivity index (χ0n) is 67.9. The van der Waals surface area contributed by atoms with Crippen LogP contribution >= 0.6 is 0 Å². The van der Waals surface area contributed by atoms with Crippen molar-refractivity contribution in [2.45, 2.75) is 358 Å². The Morgan fingerprint density at radius 2 is 0.906 bits per heavy atom. The average molecular weight is 1520 g/mol. The van der Waals surface area contributed by atoms with Gasteiger partial charge in [-0.25, -0.2) is 0 Å². The third kappa shape index (κ3) is 20.8. The predicted molar refractivity (Wildman–Crippen MR) is 389 cm³/mol. The smallest absolute Gasteiger partial charge is 0.311 e. The Hall–Kier alpha value is -3.06. The van der Waals surface area contributed by atoms with Crippen LogP contribution in [0.1, 0.15) is 190 Å². The molecule has 10 N–H and O–H groups in total. The first-order valence-corrected chi connectivity index (χ1v) is 38.5. The number of aliphatic hydroxyl groups is 10. The van der Waals surface area contributed by atoms with Crippen LogP contribution in [0.4, 0.5) is 0 Å². The molecule has 6 saturated heterocycles. The van der Waals surface area contributed by atoms with Crippen LogP contribution in [0.2, 0.25) is 0 Å². The van der Waals surface area contributed by atoms with Gasteiger partial charge < -0.3 is 118 Å². The highest BCUT2D eigenvalue weighted by Gasteiger charge is 2.57. The van der Waals surface area contributed by atoms with Crippen LogP contribution in [0.5, 0.6) is 0 Å². The van der Waals surface area contributed by atoms with E-state index in [1.807, 2.05) is 37.7 Å². The first kappa shape index (κ1) is 91.8. The van der Waals surface area contributed by atoms with E-state index in [0.29, 0.717) is 12.8 Å². The van der Waals surface area contributed by atoms with Gasteiger partial charge in [0.25, 0.3) is 0 Å². The molecule has 0 aromatic rings. The normalized spacial score (nSPS) is 48.9. The third-order valence-electron chi connectivity index (χ3n) is 24.5. The quantitative estimate of drug-likeness (QED) is 0.0373. The second-order valence-electron chi connectivity index (χ2n) is 33.8. The Morgan fingerprint density at radius 3 is 1.31 bits per heavy atom. The van der Waals surface area contributed by atoms with Crippen molar-refractivity contribution in [1.29, 1.82) is 0 Å². The fraction of sp³-hybridized carbons (Fsp3) is 0.922. The number of Topliss-reactive ketones (excluding diaryl/α,β-unsaturated/α-hetero) is 1. The molecule has 29 nitrogen and oxygen atoms in total. The van der Waals surface area contributed by atoms with Gasteiger partial charge in [-0.2, -0.15) is 0 Å². The zero-order valence-corrected chi connectivity index (χ0v) is 67.9. The molecule has 0 amide bonds. The van der Waals surface area contributed by atoms with Crippen LogP contribution in [0, 0.1) is 47.3 Å². The largest absolute Gasteiger partial charge is 0.459 e. The van der Waals surface area contributed by atoms with Gasteiger partial charge in [-0.15, -0.1) is 0 Å². The minimum Gasteiger partial charge on any atom is -0.459 e. The number of methoxy groups -OCH3 is 2. The van der Waals surface area contributed by atoms with Crippen molar-refractivity contribution in [2.24, 2.45) is 52.5 Å². The van der Waals surface area contributed by atoms with Crippen LogP contribution in [0.15, 0.2) is 17.3 Å². The highest BCUT2D eigenvalue weighted by Crippen LogP contribution is 2.45. The molecule has 6 aliphatic rings. The SMILES string of the molecule is CC[C@H]1OC(=O)[C@H](C)[C@@H](OC2CC(C)(OC)C(O)C(C)O2)[C@H](C)[C@@H](OC2OC(C)CC(N(C)C/C=C/CON=C3[C@H](C)CC(C)(O)[C@H](OC4OC(C)CC(N(C)C)C4O)[C@@H](C)[C@H](OC4CC(C)(OC)C(O)C(C)O4)[C@@H](C)C(=O)O[C@H](CC)[C@@](C)(O)[C@H](O)[C@H]3C)C2O)C(C)(O)C[C@@H](C)C(=O)[C@H](C)[C@@H](O)[C@]1(C)O. The number of ether oxygens (including phenoxy) is 12. The van der Waals surface area contributed by atoms with Crippen molar-refractivity contribution in [3.63, 3.8) is 0 Å². The summed E-state index contributed by atoms with van der Waals surface area (Å²) in [4.78, 5) is 53.5. The van der Waals surface area contributed by atoms with Crippen molar-refractivity contribution < 1.29 is 127 Å². The fourth-order valence-electron chi connectivity index (χ4n) is 17.5. The van der Waals surface area contributed by atoms with Gasteiger partial charge in [0.15, 0.2) is 25.2 Å².